The van der Waals surface area contributed by atoms with E-state index in [-0.39, 0.29) is 11.3 Å². The van der Waals surface area contributed by atoms with Gasteiger partial charge in [-0.2, -0.15) is 0 Å². The Morgan fingerprint density at radius 2 is 1.83 bits per heavy atom. The fourth-order valence-corrected chi connectivity index (χ4v) is 4.53. The van der Waals surface area contributed by atoms with E-state index in [0.717, 1.165) is 11.1 Å². The summed E-state index contributed by atoms with van der Waals surface area (Å²) >= 11 is 6.22. The van der Waals surface area contributed by atoms with Crippen molar-refractivity contribution in [2.45, 2.75) is 26.8 Å². The van der Waals surface area contributed by atoms with Crippen LogP contribution >= 0.6 is 11.6 Å². The molecule has 0 aromatic heterocycles. The molecule has 0 radical (unpaired) electrons. The van der Waals surface area contributed by atoms with E-state index in [1.54, 1.807) is 49.6 Å². The normalized spacial score (nSPS) is 17.1. The summed E-state index contributed by atoms with van der Waals surface area (Å²) < 4.78 is 10.9. The van der Waals surface area contributed by atoms with E-state index >= 15 is 0 Å². The number of carbonyl (C=O) groups excluding carboxylic acids is 2. The molecule has 0 aliphatic carbocycles. The second kappa shape index (κ2) is 9.84. The molecule has 1 unspecified atom stereocenters. The molecule has 1 saturated heterocycles. The molecule has 7 heteroatoms. The highest BCUT2D eigenvalue weighted by Gasteiger charge is 2.47. The van der Waals surface area contributed by atoms with Crippen molar-refractivity contribution >= 4 is 34.7 Å². The first kappa shape index (κ1) is 24.4. The van der Waals surface area contributed by atoms with Crippen molar-refractivity contribution in [2.75, 3.05) is 18.6 Å². The molecule has 1 N–H and O–H groups in total. The Morgan fingerprint density at radius 1 is 1.06 bits per heavy atom. The summed E-state index contributed by atoms with van der Waals surface area (Å²) in [5.74, 6) is -0.854. The zero-order valence-electron chi connectivity index (χ0n) is 20.0. The Hall–Kier alpha value is -3.77. The molecule has 1 heterocycles. The van der Waals surface area contributed by atoms with E-state index in [9.17, 15) is 14.7 Å². The zero-order chi connectivity index (χ0) is 25.3. The quantitative estimate of drug-likeness (QED) is 0.260. The Bertz CT molecular complexity index is 1350. The van der Waals surface area contributed by atoms with E-state index < -0.39 is 17.7 Å². The van der Waals surface area contributed by atoms with Gasteiger partial charge in [-0.25, -0.2) is 0 Å². The monoisotopic (exact) mass is 491 g/mol. The zero-order valence-corrected chi connectivity index (χ0v) is 20.7. The number of hydrogen-bond donors (Lipinski definition) is 1. The van der Waals surface area contributed by atoms with Gasteiger partial charge in [0.2, 0.25) is 0 Å². The molecule has 1 aliphatic rings. The Kier molecular flexibility index (Phi) is 6.85. The lowest BCUT2D eigenvalue weighted by atomic mass is 9.94. The van der Waals surface area contributed by atoms with Gasteiger partial charge in [0, 0.05) is 11.3 Å². The number of hydrogen-bond acceptors (Lipinski definition) is 5. The summed E-state index contributed by atoms with van der Waals surface area (Å²) in [5.41, 5.74) is 3.40. The summed E-state index contributed by atoms with van der Waals surface area (Å²) in [6.45, 7) is 6.05. The van der Waals surface area contributed by atoms with E-state index in [2.05, 4.69) is 0 Å². The molecule has 0 spiro atoms. The van der Waals surface area contributed by atoms with Crippen LogP contribution in [-0.4, -0.2) is 30.5 Å². The molecular weight excluding hydrogens is 466 g/mol. The smallest absolute Gasteiger partial charge is 0.300 e. The van der Waals surface area contributed by atoms with Gasteiger partial charge in [0.15, 0.2) is 0 Å². The van der Waals surface area contributed by atoms with Crippen LogP contribution < -0.4 is 14.4 Å². The largest absolute Gasteiger partial charge is 0.507 e. The third kappa shape index (κ3) is 4.49. The van der Waals surface area contributed by atoms with Crippen molar-refractivity contribution in [3.05, 3.63) is 93.5 Å². The number of carbonyl (C=O) groups is 2. The van der Waals surface area contributed by atoms with Crippen LogP contribution in [0.4, 0.5) is 5.69 Å². The van der Waals surface area contributed by atoms with Gasteiger partial charge in [-0.1, -0.05) is 41.4 Å². The van der Waals surface area contributed by atoms with Crippen LogP contribution in [0.1, 0.15) is 35.2 Å². The van der Waals surface area contributed by atoms with Crippen molar-refractivity contribution in [3.63, 3.8) is 0 Å². The first-order valence-electron chi connectivity index (χ1n) is 11.2. The number of aryl methyl sites for hydroxylation is 2. The third-order valence-corrected chi connectivity index (χ3v) is 6.28. The van der Waals surface area contributed by atoms with Gasteiger partial charge < -0.3 is 14.6 Å². The van der Waals surface area contributed by atoms with Crippen molar-refractivity contribution in [1.82, 2.24) is 0 Å². The van der Waals surface area contributed by atoms with Gasteiger partial charge in [-0.05, 0) is 68.3 Å². The first-order chi connectivity index (χ1) is 16.8. The molecule has 0 saturated carbocycles. The van der Waals surface area contributed by atoms with Gasteiger partial charge in [-0.15, -0.1) is 0 Å². The summed E-state index contributed by atoms with van der Waals surface area (Å²) in [7, 11) is 1.54. The molecule has 4 rings (SSSR count). The molecule has 1 fully saturated rings. The SMILES string of the molecule is CCOc1cc(/C(O)=C2\C(=O)C(=O)N(c3ccc(C)cc3C)C2c2cccc(OC)c2)ccc1Cl. The molecule has 180 valence electrons. The molecular formula is C28H26ClNO5. The Balaban J connectivity index is 1.97. The average molecular weight is 492 g/mol. The molecule has 3 aromatic carbocycles. The maximum absolute atomic E-state index is 13.4. The number of Topliss-reactive ketones (excluding diaryl/α,β-unsaturated/α-hetero) is 1. The lowest BCUT2D eigenvalue weighted by Crippen LogP contribution is -2.30. The van der Waals surface area contributed by atoms with E-state index in [1.807, 2.05) is 39.0 Å². The summed E-state index contributed by atoms with van der Waals surface area (Å²) in [6.07, 6.45) is 0. The molecule has 0 bridgehead atoms. The summed E-state index contributed by atoms with van der Waals surface area (Å²) in [6, 6.07) is 16.7. The molecule has 6 nitrogen and oxygen atoms in total. The minimum Gasteiger partial charge on any atom is -0.507 e. The highest BCUT2D eigenvalue weighted by molar-refractivity contribution is 6.51. The number of nitrogens with zero attached hydrogens (tertiary/aromatic N) is 1. The standard InChI is InChI=1S/C28H26ClNO5/c1-5-35-23-15-19(10-11-21(23)29)26(31)24-25(18-7-6-8-20(14-18)34-4)30(28(33)27(24)32)22-12-9-16(2)13-17(22)3/h6-15,25,31H,5H2,1-4H3/b26-24+. The van der Waals surface area contributed by atoms with Gasteiger partial charge in [0.1, 0.15) is 17.3 Å². The highest BCUT2D eigenvalue weighted by Crippen LogP contribution is 2.44. The predicted molar refractivity (Wildman–Crippen MR) is 136 cm³/mol. The number of methoxy groups -OCH3 is 1. The van der Waals surface area contributed by atoms with Gasteiger partial charge in [0.25, 0.3) is 11.7 Å². The molecule has 1 atom stereocenters. The average Bonchev–Trinajstić information content (AvgIpc) is 3.10. The van der Waals surface area contributed by atoms with Crippen LogP contribution in [0.5, 0.6) is 11.5 Å². The van der Waals surface area contributed by atoms with Crippen molar-refractivity contribution in [1.29, 1.82) is 0 Å². The number of rotatable bonds is 6. The number of halogens is 1. The molecule has 3 aromatic rings. The van der Waals surface area contributed by atoms with Crippen LogP contribution in [-0.2, 0) is 9.59 Å². The first-order valence-corrected chi connectivity index (χ1v) is 11.6. The van der Waals surface area contributed by atoms with Gasteiger partial charge in [0.05, 0.1) is 30.4 Å². The second-order valence-electron chi connectivity index (χ2n) is 8.31. The summed E-state index contributed by atoms with van der Waals surface area (Å²) in [4.78, 5) is 28.2. The van der Waals surface area contributed by atoms with E-state index in [1.165, 1.54) is 4.90 Å². The molecule has 1 aliphatic heterocycles. The Labute approximate surface area is 209 Å². The topological polar surface area (TPSA) is 76.1 Å². The van der Waals surface area contributed by atoms with Crippen molar-refractivity contribution in [3.8, 4) is 11.5 Å². The molecule has 35 heavy (non-hydrogen) atoms. The fourth-order valence-electron chi connectivity index (χ4n) is 4.36. The van der Waals surface area contributed by atoms with Crippen LogP contribution in [0, 0.1) is 13.8 Å². The maximum Gasteiger partial charge on any atom is 0.300 e. The van der Waals surface area contributed by atoms with Crippen LogP contribution in [0.25, 0.3) is 5.76 Å². The van der Waals surface area contributed by atoms with Gasteiger partial charge >= 0.3 is 0 Å². The van der Waals surface area contributed by atoms with Gasteiger partial charge in [-0.3, -0.25) is 14.5 Å². The minimum absolute atomic E-state index is 0.0204. The number of amides is 1. The number of aliphatic hydroxyl groups is 1. The van der Waals surface area contributed by atoms with Crippen molar-refractivity contribution in [2.24, 2.45) is 0 Å². The fraction of sp³-hybridized carbons (Fsp3) is 0.214. The van der Waals surface area contributed by atoms with Crippen LogP contribution in [0.2, 0.25) is 5.02 Å². The number of ketones is 1. The maximum atomic E-state index is 13.4. The predicted octanol–water partition coefficient (Wildman–Crippen LogP) is 5.99. The lowest BCUT2D eigenvalue weighted by molar-refractivity contribution is -0.132. The number of anilines is 1. The minimum atomic E-state index is -0.863. The Morgan fingerprint density at radius 3 is 2.51 bits per heavy atom. The van der Waals surface area contributed by atoms with Crippen molar-refractivity contribution < 1.29 is 24.2 Å². The number of benzene rings is 3. The summed E-state index contributed by atoms with van der Waals surface area (Å²) in [5, 5.41) is 11.8. The third-order valence-electron chi connectivity index (χ3n) is 5.97. The molecule has 1 amide bonds. The lowest BCUT2D eigenvalue weighted by Gasteiger charge is -2.27. The van der Waals surface area contributed by atoms with E-state index in [0.29, 0.717) is 39.9 Å². The number of ether oxygens (including phenoxy) is 2. The second-order valence-corrected chi connectivity index (χ2v) is 8.72. The highest BCUT2D eigenvalue weighted by atomic mass is 35.5. The number of aliphatic hydroxyl groups excluding tert-OH is 1. The van der Waals surface area contributed by atoms with Crippen LogP contribution in [0.15, 0.2) is 66.2 Å². The van der Waals surface area contributed by atoms with E-state index in [4.69, 9.17) is 21.1 Å². The van der Waals surface area contributed by atoms with Crippen LogP contribution in [0.3, 0.4) is 0 Å².